The average Bonchev–Trinajstić information content (AvgIpc) is 3.23. The fourth-order valence-electron chi connectivity index (χ4n) is 2.70. The van der Waals surface area contributed by atoms with E-state index in [9.17, 15) is 19.7 Å². The highest BCUT2D eigenvalue weighted by Crippen LogP contribution is 2.23. The number of hydrogen-bond acceptors (Lipinski definition) is 5. The van der Waals surface area contributed by atoms with Crippen LogP contribution in [0.3, 0.4) is 0 Å². The fraction of sp³-hybridized carbons (Fsp3) is 0.222. The van der Waals surface area contributed by atoms with E-state index in [1.54, 1.807) is 6.92 Å². The van der Waals surface area contributed by atoms with Crippen molar-refractivity contribution in [1.82, 2.24) is 15.2 Å². The molecule has 0 spiro atoms. The van der Waals surface area contributed by atoms with Gasteiger partial charge in [-0.25, -0.2) is 0 Å². The molecule has 0 aliphatic rings. The Morgan fingerprint density at radius 1 is 1.30 bits per heavy atom. The van der Waals surface area contributed by atoms with Crippen LogP contribution in [0, 0.1) is 10.1 Å². The summed E-state index contributed by atoms with van der Waals surface area (Å²) in [7, 11) is 1.52. The number of carbonyl (C=O) groups is 2. The quantitative estimate of drug-likeness (QED) is 0.510. The summed E-state index contributed by atoms with van der Waals surface area (Å²) in [4.78, 5) is 34.4. The summed E-state index contributed by atoms with van der Waals surface area (Å²) < 4.78 is 7.03. The van der Waals surface area contributed by atoms with E-state index in [0.29, 0.717) is 5.76 Å². The first-order valence-corrected chi connectivity index (χ1v) is 8.22. The maximum Gasteiger partial charge on any atom is 0.287 e. The van der Waals surface area contributed by atoms with Crippen molar-refractivity contribution < 1.29 is 18.9 Å². The predicted molar refractivity (Wildman–Crippen MR) is 97.2 cm³/mol. The zero-order chi connectivity index (χ0) is 19.6. The highest BCUT2D eigenvalue weighted by molar-refractivity contribution is 5.96. The third-order valence-corrected chi connectivity index (χ3v) is 4.09. The van der Waals surface area contributed by atoms with Crippen LogP contribution < -0.4 is 10.6 Å². The van der Waals surface area contributed by atoms with Crippen molar-refractivity contribution in [3.63, 3.8) is 0 Å². The maximum atomic E-state index is 12.1. The summed E-state index contributed by atoms with van der Waals surface area (Å²) in [6.07, 6.45) is 1.23. The number of hydrogen-bond donors (Lipinski definition) is 2. The lowest BCUT2D eigenvalue weighted by molar-refractivity contribution is -0.384. The Morgan fingerprint density at radius 2 is 2.04 bits per heavy atom. The Balaban J connectivity index is 1.57. The number of aryl methyl sites for hydroxylation is 1. The van der Waals surface area contributed by atoms with Crippen molar-refractivity contribution in [3.05, 3.63) is 64.2 Å². The number of aromatic nitrogens is 1. The molecule has 0 aliphatic carbocycles. The first-order chi connectivity index (χ1) is 12.8. The molecule has 2 aromatic heterocycles. The van der Waals surface area contributed by atoms with Gasteiger partial charge in [-0.2, -0.15) is 0 Å². The van der Waals surface area contributed by atoms with E-state index in [1.165, 1.54) is 17.8 Å². The number of carbonyl (C=O) groups excluding carboxylic acids is 2. The fourth-order valence-corrected chi connectivity index (χ4v) is 2.70. The van der Waals surface area contributed by atoms with Crippen LogP contribution in [-0.4, -0.2) is 27.8 Å². The third kappa shape index (κ3) is 3.97. The lowest BCUT2D eigenvalue weighted by Gasteiger charge is -2.12. The number of fused-ring (bicyclic) bond motifs is 1. The summed E-state index contributed by atoms with van der Waals surface area (Å²) in [5.74, 6) is -0.369. The van der Waals surface area contributed by atoms with Gasteiger partial charge in [0.25, 0.3) is 11.6 Å². The smallest absolute Gasteiger partial charge is 0.287 e. The van der Waals surface area contributed by atoms with Gasteiger partial charge in [0, 0.05) is 18.5 Å². The lowest BCUT2D eigenvalue weighted by atomic mass is 10.2. The molecule has 1 atom stereocenters. The zero-order valence-corrected chi connectivity index (χ0v) is 14.8. The minimum Gasteiger partial charge on any atom is -0.459 e. The van der Waals surface area contributed by atoms with Crippen LogP contribution in [0.2, 0.25) is 0 Å². The molecule has 0 aliphatic heterocycles. The predicted octanol–water partition coefficient (Wildman–Crippen LogP) is 2.29. The van der Waals surface area contributed by atoms with E-state index in [4.69, 9.17) is 4.42 Å². The van der Waals surface area contributed by atoms with Crippen LogP contribution in [0.5, 0.6) is 0 Å². The van der Waals surface area contributed by atoms with Crippen LogP contribution in [0.15, 0.2) is 47.0 Å². The molecule has 0 saturated heterocycles. The zero-order valence-electron chi connectivity index (χ0n) is 14.8. The summed E-state index contributed by atoms with van der Waals surface area (Å²) >= 11 is 0. The molecular formula is C18H18N4O5. The summed E-state index contributed by atoms with van der Waals surface area (Å²) in [5, 5.41) is 16.9. The van der Waals surface area contributed by atoms with Gasteiger partial charge in [-0.1, -0.05) is 18.2 Å². The van der Waals surface area contributed by atoms with Gasteiger partial charge in [0.2, 0.25) is 5.91 Å². The van der Waals surface area contributed by atoms with Crippen molar-refractivity contribution in [2.75, 3.05) is 6.54 Å². The van der Waals surface area contributed by atoms with Gasteiger partial charge in [-0.05, 0) is 19.1 Å². The lowest BCUT2D eigenvalue weighted by Crippen LogP contribution is -2.38. The van der Waals surface area contributed by atoms with E-state index in [1.807, 2.05) is 30.3 Å². The van der Waals surface area contributed by atoms with Crippen molar-refractivity contribution in [2.24, 2.45) is 7.05 Å². The number of nitrogens with one attached hydrogen (secondary N) is 2. The Morgan fingerprint density at radius 3 is 2.70 bits per heavy atom. The second-order valence-corrected chi connectivity index (χ2v) is 6.11. The SMILES string of the molecule is C[C@@H](NC(=O)CNC(=O)c1cc([N+](=O)[O-])cn1C)c1cc2ccccc2o1. The molecule has 2 N–H and O–H groups in total. The molecule has 0 saturated carbocycles. The van der Waals surface area contributed by atoms with Gasteiger partial charge < -0.3 is 19.6 Å². The van der Waals surface area contributed by atoms with E-state index in [0.717, 1.165) is 17.0 Å². The van der Waals surface area contributed by atoms with E-state index in [-0.39, 0.29) is 24.0 Å². The number of amides is 2. The Hall–Kier alpha value is -3.62. The van der Waals surface area contributed by atoms with Gasteiger partial charge in [-0.3, -0.25) is 19.7 Å². The molecule has 3 rings (SSSR count). The maximum absolute atomic E-state index is 12.1. The standard InChI is InChI=1S/C18H18N4O5/c1-11(16-7-12-5-3-4-6-15(12)27-16)20-17(23)9-19-18(24)14-8-13(22(25)26)10-21(14)2/h3-8,10-11H,9H2,1-2H3,(H,19,24)(H,20,23)/t11-/m1/s1. The highest BCUT2D eigenvalue weighted by Gasteiger charge is 2.19. The first kappa shape index (κ1) is 18.2. The third-order valence-electron chi connectivity index (χ3n) is 4.09. The largest absolute Gasteiger partial charge is 0.459 e. The van der Waals surface area contributed by atoms with Gasteiger partial charge in [0.15, 0.2) is 0 Å². The van der Waals surface area contributed by atoms with E-state index < -0.39 is 16.7 Å². The van der Waals surface area contributed by atoms with Gasteiger partial charge in [-0.15, -0.1) is 0 Å². The van der Waals surface area contributed by atoms with Crippen molar-refractivity contribution in [3.8, 4) is 0 Å². The Bertz CT molecular complexity index is 987. The minimum absolute atomic E-state index is 0.0971. The van der Waals surface area contributed by atoms with Crippen LogP contribution >= 0.6 is 0 Å². The van der Waals surface area contributed by atoms with Crippen molar-refractivity contribution >= 4 is 28.5 Å². The molecule has 0 bridgehead atoms. The van der Waals surface area contributed by atoms with Crippen molar-refractivity contribution in [1.29, 1.82) is 0 Å². The molecule has 1 aromatic carbocycles. The molecule has 9 nitrogen and oxygen atoms in total. The monoisotopic (exact) mass is 370 g/mol. The number of para-hydroxylation sites is 1. The topological polar surface area (TPSA) is 119 Å². The summed E-state index contributed by atoms with van der Waals surface area (Å²) in [6, 6.07) is 10.1. The van der Waals surface area contributed by atoms with E-state index >= 15 is 0 Å². The van der Waals surface area contributed by atoms with Gasteiger partial charge in [0.05, 0.1) is 23.7 Å². The summed E-state index contributed by atoms with van der Waals surface area (Å²) in [5.41, 5.74) is 0.637. The van der Waals surface area contributed by atoms with Crippen LogP contribution in [-0.2, 0) is 11.8 Å². The molecule has 0 unspecified atom stereocenters. The van der Waals surface area contributed by atoms with Crippen LogP contribution in [0.1, 0.15) is 29.2 Å². The molecular weight excluding hydrogens is 352 g/mol. The van der Waals surface area contributed by atoms with Gasteiger partial charge >= 0.3 is 0 Å². The second-order valence-electron chi connectivity index (χ2n) is 6.11. The molecule has 27 heavy (non-hydrogen) atoms. The minimum atomic E-state index is -0.585. The molecule has 0 radical (unpaired) electrons. The Kier molecular flexibility index (Phi) is 4.93. The van der Waals surface area contributed by atoms with E-state index in [2.05, 4.69) is 10.6 Å². The molecule has 140 valence electrons. The van der Waals surface area contributed by atoms with Crippen LogP contribution in [0.4, 0.5) is 5.69 Å². The number of nitrogens with zero attached hydrogens (tertiary/aromatic N) is 2. The number of rotatable bonds is 6. The molecule has 3 aromatic rings. The number of nitro groups is 1. The number of benzene rings is 1. The highest BCUT2D eigenvalue weighted by atomic mass is 16.6. The second kappa shape index (κ2) is 7.32. The average molecular weight is 370 g/mol. The van der Waals surface area contributed by atoms with Crippen molar-refractivity contribution in [2.45, 2.75) is 13.0 Å². The van der Waals surface area contributed by atoms with Crippen LogP contribution in [0.25, 0.3) is 11.0 Å². The molecule has 9 heteroatoms. The Labute approximate surface area is 154 Å². The first-order valence-electron chi connectivity index (χ1n) is 8.22. The molecule has 2 amide bonds. The normalized spacial score (nSPS) is 11.9. The molecule has 2 heterocycles. The number of furan rings is 1. The summed E-state index contributed by atoms with van der Waals surface area (Å²) in [6.45, 7) is 1.51. The van der Waals surface area contributed by atoms with Gasteiger partial charge in [0.1, 0.15) is 17.0 Å². The molecule has 0 fully saturated rings.